The Morgan fingerprint density at radius 1 is 1.00 bits per heavy atom. The van der Waals surface area contributed by atoms with Crippen LogP contribution in [0.2, 0.25) is 0 Å². The third kappa shape index (κ3) is 4.12. The molecule has 1 N–H and O–H groups in total. The van der Waals surface area contributed by atoms with Gasteiger partial charge in [0.15, 0.2) is 0 Å². The number of piperazine rings is 1. The molecule has 0 unspecified atom stereocenters. The molecule has 144 valence electrons. The van der Waals surface area contributed by atoms with Gasteiger partial charge in [-0.2, -0.15) is 4.31 Å². The van der Waals surface area contributed by atoms with Crippen LogP contribution in [0.5, 0.6) is 0 Å². The smallest absolute Gasteiger partial charge is 0.255 e. The Bertz CT molecular complexity index is 952. The van der Waals surface area contributed by atoms with Crippen molar-refractivity contribution in [3.63, 3.8) is 0 Å². The highest BCUT2D eigenvalue weighted by Gasteiger charge is 2.30. The van der Waals surface area contributed by atoms with Gasteiger partial charge in [-0.05, 0) is 29.7 Å². The Labute approximate surface area is 158 Å². The van der Waals surface area contributed by atoms with Crippen LogP contribution in [0.15, 0.2) is 52.3 Å². The van der Waals surface area contributed by atoms with E-state index in [0.29, 0.717) is 24.6 Å². The highest BCUT2D eigenvalue weighted by Crippen LogP contribution is 2.21. The number of hydrogen-bond acceptors (Lipinski definition) is 4. The van der Waals surface area contributed by atoms with Gasteiger partial charge < -0.3 is 9.88 Å². The van der Waals surface area contributed by atoms with Crippen molar-refractivity contribution in [3.8, 4) is 0 Å². The molecule has 1 amide bonds. The van der Waals surface area contributed by atoms with Crippen molar-refractivity contribution in [1.82, 2.24) is 14.2 Å². The van der Waals surface area contributed by atoms with E-state index in [2.05, 4.69) is 18.8 Å². The van der Waals surface area contributed by atoms with Crippen LogP contribution in [0.4, 0.5) is 0 Å². The average Bonchev–Trinajstić information content (AvgIpc) is 2.68. The maximum atomic E-state index is 12.8. The summed E-state index contributed by atoms with van der Waals surface area (Å²) < 4.78 is 27.1. The fraction of sp³-hybridized carbons (Fsp3) is 0.368. The molecule has 0 atom stereocenters. The molecule has 0 spiro atoms. The second kappa shape index (κ2) is 7.66. The molecular weight excluding hydrogens is 366 g/mol. The molecule has 0 radical (unpaired) electrons. The van der Waals surface area contributed by atoms with Crippen LogP contribution >= 0.6 is 0 Å². The Morgan fingerprint density at radius 2 is 1.63 bits per heavy atom. The van der Waals surface area contributed by atoms with Gasteiger partial charge in [0, 0.05) is 38.4 Å². The molecule has 1 saturated heterocycles. The molecule has 27 heavy (non-hydrogen) atoms. The number of carbonyl (C=O) groups excluding carboxylic acids is 1. The van der Waals surface area contributed by atoms with Crippen LogP contribution in [-0.4, -0.2) is 54.7 Å². The largest absolute Gasteiger partial charge is 0.336 e. The van der Waals surface area contributed by atoms with E-state index in [1.165, 1.54) is 22.6 Å². The van der Waals surface area contributed by atoms with Crippen LogP contribution in [0.25, 0.3) is 0 Å². The Kier molecular flexibility index (Phi) is 5.48. The van der Waals surface area contributed by atoms with Crippen molar-refractivity contribution in [3.05, 3.63) is 64.1 Å². The number of rotatable bonds is 4. The highest BCUT2D eigenvalue weighted by atomic mass is 32.2. The van der Waals surface area contributed by atoms with E-state index in [1.807, 2.05) is 12.1 Å². The average molecular weight is 389 g/mol. The van der Waals surface area contributed by atoms with E-state index in [0.717, 1.165) is 5.56 Å². The highest BCUT2D eigenvalue weighted by molar-refractivity contribution is 7.89. The van der Waals surface area contributed by atoms with Gasteiger partial charge in [0.2, 0.25) is 15.6 Å². The lowest BCUT2D eigenvalue weighted by atomic mass is 10.0. The summed E-state index contributed by atoms with van der Waals surface area (Å²) in [5.41, 5.74) is 1.20. The first kappa shape index (κ1) is 19.3. The Hall–Kier alpha value is -2.45. The molecule has 0 bridgehead atoms. The van der Waals surface area contributed by atoms with Gasteiger partial charge >= 0.3 is 0 Å². The summed E-state index contributed by atoms with van der Waals surface area (Å²) in [5.74, 6) is 0.119. The van der Waals surface area contributed by atoms with Gasteiger partial charge in [-0.15, -0.1) is 0 Å². The number of aromatic nitrogens is 1. The van der Waals surface area contributed by atoms with Crippen molar-refractivity contribution in [2.45, 2.75) is 24.7 Å². The summed E-state index contributed by atoms with van der Waals surface area (Å²) in [6.07, 6.45) is 1.38. The van der Waals surface area contributed by atoms with Crippen LogP contribution in [0, 0.1) is 0 Å². The van der Waals surface area contributed by atoms with Gasteiger partial charge in [-0.3, -0.25) is 9.59 Å². The van der Waals surface area contributed by atoms with E-state index in [4.69, 9.17) is 0 Å². The van der Waals surface area contributed by atoms with Crippen LogP contribution in [-0.2, 0) is 10.0 Å². The van der Waals surface area contributed by atoms with Gasteiger partial charge in [0.1, 0.15) is 0 Å². The van der Waals surface area contributed by atoms with Gasteiger partial charge in [0.05, 0.1) is 10.5 Å². The number of nitrogens with one attached hydrogen (secondary N) is 1. The second-order valence-electron chi connectivity index (χ2n) is 6.86. The molecule has 8 heteroatoms. The zero-order valence-electron chi connectivity index (χ0n) is 15.4. The first-order valence-electron chi connectivity index (χ1n) is 8.87. The fourth-order valence-corrected chi connectivity index (χ4v) is 4.45. The number of nitrogens with zero attached hydrogens (tertiary/aromatic N) is 2. The van der Waals surface area contributed by atoms with Crippen molar-refractivity contribution in [1.29, 1.82) is 0 Å². The molecule has 1 aromatic heterocycles. The van der Waals surface area contributed by atoms with E-state index in [1.54, 1.807) is 17.0 Å². The van der Waals surface area contributed by atoms with Gasteiger partial charge in [-0.1, -0.05) is 26.0 Å². The quantitative estimate of drug-likeness (QED) is 0.861. The van der Waals surface area contributed by atoms with Gasteiger partial charge in [-0.25, -0.2) is 8.42 Å². The number of aromatic amines is 1. The summed E-state index contributed by atoms with van der Waals surface area (Å²) in [4.78, 5) is 27.9. The monoisotopic (exact) mass is 389 g/mol. The number of H-pyrrole nitrogens is 1. The van der Waals surface area contributed by atoms with E-state index in [9.17, 15) is 18.0 Å². The molecule has 3 rings (SSSR count). The number of pyridine rings is 1. The minimum absolute atomic E-state index is 0.218. The number of sulfonamides is 1. The lowest BCUT2D eigenvalue weighted by Gasteiger charge is -2.34. The van der Waals surface area contributed by atoms with Crippen molar-refractivity contribution in [2.24, 2.45) is 0 Å². The summed E-state index contributed by atoms with van der Waals surface area (Å²) in [6, 6.07) is 9.74. The fourth-order valence-electron chi connectivity index (χ4n) is 3.03. The number of benzene rings is 1. The topological polar surface area (TPSA) is 90.6 Å². The summed E-state index contributed by atoms with van der Waals surface area (Å²) >= 11 is 0. The third-order valence-corrected chi connectivity index (χ3v) is 6.65. The molecule has 1 aliphatic rings. The minimum Gasteiger partial charge on any atom is -0.336 e. The molecule has 0 aliphatic carbocycles. The predicted molar refractivity (Wildman–Crippen MR) is 102 cm³/mol. The predicted octanol–water partition coefficient (Wildman–Crippen LogP) is 1.65. The zero-order chi connectivity index (χ0) is 19.6. The first-order chi connectivity index (χ1) is 12.8. The lowest BCUT2D eigenvalue weighted by molar-refractivity contribution is 0.0697. The number of carbonyl (C=O) groups is 1. The van der Waals surface area contributed by atoms with Crippen molar-refractivity contribution < 1.29 is 13.2 Å². The van der Waals surface area contributed by atoms with Crippen molar-refractivity contribution >= 4 is 15.9 Å². The second-order valence-corrected chi connectivity index (χ2v) is 8.80. The summed E-state index contributed by atoms with van der Waals surface area (Å²) in [6.45, 7) is 5.21. The van der Waals surface area contributed by atoms with E-state index >= 15 is 0 Å². The summed E-state index contributed by atoms with van der Waals surface area (Å²) in [7, 11) is -3.58. The molecule has 7 nitrogen and oxygen atoms in total. The Balaban J connectivity index is 1.68. The molecular formula is C19H23N3O4S. The zero-order valence-corrected chi connectivity index (χ0v) is 16.2. The molecule has 1 aromatic carbocycles. The minimum atomic E-state index is -3.58. The SMILES string of the molecule is CC(C)c1ccc(S(=O)(=O)N2CCN(C(=O)c3ccc(=O)[nH]c3)CC2)cc1. The Morgan fingerprint density at radius 3 is 2.15 bits per heavy atom. The van der Waals surface area contributed by atoms with Crippen LogP contribution < -0.4 is 5.56 Å². The normalized spacial score (nSPS) is 15.9. The maximum Gasteiger partial charge on any atom is 0.255 e. The van der Waals surface area contributed by atoms with Crippen molar-refractivity contribution in [2.75, 3.05) is 26.2 Å². The molecule has 0 saturated carbocycles. The third-order valence-electron chi connectivity index (χ3n) is 4.74. The maximum absolute atomic E-state index is 12.8. The van der Waals surface area contributed by atoms with E-state index in [-0.39, 0.29) is 29.5 Å². The molecule has 2 heterocycles. The lowest BCUT2D eigenvalue weighted by Crippen LogP contribution is -2.50. The van der Waals surface area contributed by atoms with Gasteiger partial charge in [0.25, 0.3) is 5.91 Å². The van der Waals surface area contributed by atoms with E-state index < -0.39 is 10.0 Å². The number of amides is 1. The van der Waals surface area contributed by atoms with Crippen LogP contribution in [0.3, 0.4) is 0 Å². The number of hydrogen-bond donors (Lipinski definition) is 1. The molecule has 2 aromatic rings. The molecule has 1 aliphatic heterocycles. The van der Waals surface area contributed by atoms with Crippen LogP contribution in [0.1, 0.15) is 35.7 Å². The molecule has 1 fully saturated rings. The summed E-state index contributed by atoms with van der Waals surface area (Å²) in [5, 5.41) is 0. The standard InChI is InChI=1S/C19H23N3O4S/c1-14(2)15-3-6-17(7-4-15)27(25,26)22-11-9-21(10-12-22)19(24)16-5-8-18(23)20-13-16/h3-8,13-14H,9-12H2,1-2H3,(H,20,23). The first-order valence-corrected chi connectivity index (χ1v) is 10.3.